The van der Waals surface area contributed by atoms with Crippen LogP contribution < -0.4 is 5.32 Å². The van der Waals surface area contributed by atoms with Crippen LogP contribution in [0.15, 0.2) is 24.3 Å². The summed E-state index contributed by atoms with van der Waals surface area (Å²) in [5.74, 6) is -0.370. The van der Waals surface area contributed by atoms with Gasteiger partial charge >= 0.3 is 0 Å². The molecule has 0 bridgehead atoms. The van der Waals surface area contributed by atoms with Gasteiger partial charge in [-0.25, -0.2) is 0 Å². The van der Waals surface area contributed by atoms with Gasteiger partial charge in [-0.1, -0.05) is 0 Å². The fourth-order valence-corrected chi connectivity index (χ4v) is 2.82. The lowest BCUT2D eigenvalue weighted by Crippen LogP contribution is -2.40. The lowest BCUT2D eigenvalue weighted by molar-refractivity contribution is -0.133. The zero-order valence-electron chi connectivity index (χ0n) is 13.3. The number of hydrogen-bond acceptors (Lipinski definition) is 3. The molecule has 1 aromatic carbocycles. The number of aliphatic hydroxyl groups is 1. The number of benzene rings is 1. The monoisotopic (exact) mass is 304 g/mol. The van der Waals surface area contributed by atoms with E-state index in [1.165, 1.54) is 0 Å². The third-order valence-electron chi connectivity index (χ3n) is 4.29. The van der Waals surface area contributed by atoms with Gasteiger partial charge in [-0.15, -0.1) is 0 Å². The molecule has 1 aliphatic carbocycles. The van der Waals surface area contributed by atoms with Gasteiger partial charge in [0.05, 0.1) is 0 Å². The van der Waals surface area contributed by atoms with Crippen LogP contribution in [0.2, 0.25) is 0 Å². The highest BCUT2D eigenvalue weighted by Crippen LogP contribution is 2.30. The van der Waals surface area contributed by atoms with E-state index < -0.39 is 5.60 Å². The van der Waals surface area contributed by atoms with E-state index in [0.29, 0.717) is 37.2 Å². The molecule has 2 N–H and O–H groups in total. The van der Waals surface area contributed by atoms with Crippen molar-refractivity contribution in [3.63, 3.8) is 0 Å². The molecule has 1 aliphatic rings. The van der Waals surface area contributed by atoms with Crippen molar-refractivity contribution in [1.29, 1.82) is 0 Å². The van der Waals surface area contributed by atoms with Crippen LogP contribution in [-0.4, -0.2) is 40.5 Å². The Morgan fingerprint density at radius 2 is 1.68 bits per heavy atom. The first-order chi connectivity index (χ1) is 10.5. The Bertz CT molecular complexity index is 529. The molecule has 5 nitrogen and oxygen atoms in total. The van der Waals surface area contributed by atoms with E-state index >= 15 is 0 Å². The maximum absolute atomic E-state index is 12.2. The van der Waals surface area contributed by atoms with E-state index in [2.05, 4.69) is 5.32 Å². The van der Waals surface area contributed by atoms with Gasteiger partial charge < -0.3 is 15.3 Å². The van der Waals surface area contributed by atoms with Gasteiger partial charge in [0, 0.05) is 24.3 Å². The Hall–Kier alpha value is -1.88. The number of carbonyl (C=O) groups is 2. The van der Waals surface area contributed by atoms with Crippen LogP contribution in [0.3, 0.4) is 0 Å². The molecule has 120 valence electrons. The number of nitrogens with zero attached hydrogens (tertiary/aromatic N) is 1. The topological polar surface area (TPSA) is 69.6 Å². The molecule has 0 aliphatic heterocycles. The standard InChI is InChI=1S/C17H24N2O3/c1-3-19(4-2)15(20)13-7-9-14(10-8-13)18-16(21)17(22)11-5-6-12-17/h7-10,22H,3-6,11-12H2,1-2H3,(H,18,21). The van der Waals surface area contributed by atoms with Crippen LogP contribution in [-0.2, 0) is 4.79 Å². The molecule has 1 fully saturated rings. The fourth-order valence-electron chi connectivity index (χ4n) is 2.82. The van der Waals surface area contributed by atoms with Crippen molar-refractivity contribution in [3.05, 3.63) is 29.8 Å². The molecule has 1 saturated carbocycles. The minimum Gasteiger partial charge on any atom is -0.380 e. The molecule has 0 unspecified atom stereocenters. The second-order valence-electron chi connectivity index (χ2n) is 5.75. The zero-order valence-corrected chi connectivity index (χ0v) is 13.3. The number of hydrogen-bond donors (Lipinski definition) is 2. The molecule has 0 radical (unpaired) electrons. The summed E-state index contributed by atoms with van der Waals surface area (Å²) in [6.45, 7) is 5.22. The Labute approximate surface area is 131 Å². The molecular weight excluding hydrogens is 280 g/mol. The maximum Gasteiger partial charge on any atom is 0.256 e. The largest absolute Gasteiger partial charge is 0.380 e. The predicted molar refractivity (Wildman–Crippen MR) is 85.7 cm³/mol. The van der Waals surface area contributed by atoms with Crippen LogP contribution in [0, 0.1) is 0 Å². The number of amides is 2. The first-order valence-electron chi connectivity index (χ1n) is 7.93. The van der Waals surface area contributed by atoms with Gasteiger partial charge in [-0.3, -0.25) is 9.59 Å². The lowest BCUT2D eigenvalue weighted by atomic mass is 10.0. The van der Waals surface area contributed by atoms with Crippen LogP contribution in [0.25, 0.3) is 0 Å². The zero-order chi connectivity index (χ0) is 16.2. The number of rotatable bonds is 5. The average Bonchev–Trinajstić information content (AvgIpc) is 2.97. The molecule has 1 aromatic rings. The highest BCUT2D eigenvalue weighted by atomic mass is 16.3. The van der Waals surface area contributed by atoms with E-state index in [1.807, 2.05) is 13.8 Å². The lowest BCUT2D eigenvalue weighted by Gasteiger charge is -2.21. The number of nitrogens with one attached hydrogen (secondary N) is 1. The molecule has 0 saturated heterocycles. The van der Waals surface area contributed by atoms with Crippen LogP contribution >= 0.6 is 0 Å². The molecule has 0 spiro atoms. The first kappa shape index (κ1) is 16.5. The van der Waals surface area contributed by atoms with Gasteiger partial charge in [0.2, 0.25) is 0 Å². The van der Waals surface area contributed by atoms with Gasteiger partial charge in [-0.05, 0) is 63.8 Å². The normalized spacial score (nSPS) is 16.3. The Kier molecular flexibility index (Phi) is 5.19. The smallest absolute Gasteiger partial charge is 0.256 e. The van der Waals surface area contributed by atoms with Gasteiger partial charge in [0.15, 0.2) is 0 Å². The Morgan fingerprint density at radius 1 is 1.14 bits per heavy atom. The summed E-state index contributed by atoms with van der Waals surface area (Å²) in [5, 5.41) is 13.0. The second kappa shape index (κ2) is 6.92. The Morgan fingerprint density at radius 3 is 2.18 bits per heavy atom. The van der Waals surface area contributed by atoms with Crippen molar-refractivity contribution in [1.82, 2.24) is 4.90 Å². The quantitative estimate of drug-likeness (QED) is 0.877. The fraction of sp³-hybridized carbons (Fsp3) is 0.529. The minimum absolute atomic E-state index is 0.0164. The van der Waals surface area contributed by atoms with Crippen LogP contribution in [0.5, 0.6) is 0 Å². The van der Waals surface area contributed by atoms with Crippen molar-refractivity contribution < 1.29 is 14.7 Å². The molecule has 2 amide bonds. The summed E-state index contributed by atoms with van der Waals surface area (Å²) < 4.78 is 0. The van der Waals surface area contributed by atoms with E-state index in [9.17, 15) is 14.7 Å². The maximum atomic E-state index is 12.2. The van der Waals surface area contributed by atoms with Crippen LogP contribution in [0.1, 0.15) is 49.9 Å². The third kappa shape index (κ3) is 3.47. The SMILES string of the molecule is CCN(CC)C(=O)c1ccc(NC(=O)C2(O)CCCC2)cc1. The van der Waals surface area contributed by atoms with E-state index in [1.54, 1.807) is 29.2 Å². The molecule has 0 heterocycles. The molecular formula is C17H24N2O3. The van der Waals surface area contributed by atoms with Gasteiger partial charge in [0.25, 0.3) is 11.8 Å². The summed E-state index contributed by atoms with van der Waals surface area (Å²) in [6, 6.07) is 6.81. The molecule has 22 heavy (non-hydrogen) atoms. The Balaban J connectivity index is 2.03. The summed E-state index contributed by atoms with van der Waals surface area (Å²) in [4.78, 5) is 26.1. The van der Waals surface area contributed by atoms with Gasteiger partial charge in [-0.2, -0.15) is 0 Å². The summed E-state index contributed by atoms with van der Waals surface area (Å²) >= 11 is 0. The number of anilines is 1. The van der Waals surface area contributed by atoms with Crippen LogP contribution in [0.4, 0.5) is 5.69 Å². The minimum atomic E-state index is -1.24. The average molecular weight is 304 g/mol. The van der Waals surface area contributed by atoms with Crippen molar-refractivity contribution in [2.24, 2.45) is 0 Å². The predicted octanol–water partition coefficient (Wildman–Crippen LogP) is 2.41. The first-order valence-corrected chi connectivity index (χ1v) is 7.93. The van der Waals surface area contributed by atoms with Crippen molar-refractivity contribution in [2.75, 3.05) is 18.4 Å². The highest BCUT2D eigenvalue weighted by Gasteiger charge is 2.38. The summed E-state index contributed by atoms with van der Waals surface area (Å²) in [6.07, 6.45) is 2.77. The van der Waals surface area contributed by atoms with E-state index in [4.69, 9.17) is 0 Å². The highest BCUT2D eigenvalue weighted by molar-refractivity contribution is 5.98. The molecule has 5 heteroatoms. The van der Waals surface area contributed by atoms with E-state index in [0.717, 1.165) is 12.8 Å². The van der Waals surface area contributed by atoms with Gasteiger partial charge in [0.1, 0.15) is 5.60 Å². The summed E-state index contributed by atoms with van der Waals surface area (Å²) in [7, 11) is 0. The van der Waals surface area contributed by atoms with Crippen molar-refractivity contribution in [3.8, 4) is 0 Å². The second-order valence-corrected chi connectivity index (χ2v) is 5.75. The van der Waals surface area contributed by atoms with Crippen molar-refractivity contribution >= 4 is 17.5 Å². The molecule has 0 aromatic heterocycles. The van der Waals surface area contributed by atoms with E-state index in [-0.39, 0.29) is 11.8 Å². The molecule has 2 rings (SSSR count). The third-order valence-corrected chi connectivity index (χ3v) is 4.29. The number of carbonyl (C=O) groups excluding carboxylic acids is 2. The van der Waals surface area contributed by atoms with Crippen molar-refractivity contribution in [2.45, 2.75) is 45.1 Å². The summed E-state index contributed by atoms with van der Waals surface area (Å²) in [5.41, 5.74) is -0.0434. The molecule has 0 atom stereocenters.